The monoisotopic (exact) mass is 309 g/mol. The minimum absolute atomic E-state index is 0.862. The second kappa shape index (κ2) is 9.92. The molecular formula is C21H27NO. The Labute approximate surface area is 140 Å². The highest BCUT2D eigenvalue weighted by molar-refractivity contribution is 5.15. The Morgan fingerprint density at radius 1 is 0.826 bits per heavy atom. The summed E-state index contributed by atoms with van der Waals surface area (Å²) in [5.74, 6) is 8.68. The molecule has 1 heterocycles. The van der Waals surface area contributed by atoms with E-state index in [1.807, 2.05) is 0 Å². The molecule has 0 aliphatic carbocycles. The third-order valence-corrected chi connectivity index (χ3v) is 3.65. The quantitative estimate of drug-likeness (QED) is 0.519. The van der Waals surface area contributed by atoms with Crippen LogP contribution in [-0.2, 0) is 19.4 Å². The first kappa shape index (κ1) is 17.4. The molecule has 0 aliphatic rings. The number of aryl methyl sites for hydroxylation is 2. The van der Waals surface area contributed by atoms with Gasteiger partial charge in [0.1, 0.15) is 11.5 Å². The van der Waals surface area contributed by atoms with E-state index in [1.165, 1.54) is 5.56 Å². The van der Waals surface area contributed by atoms with Crippen LogP contribution in [0.2, 0.25) is 0 Å². The smallest absolute Gasteiger partial charge is 0.118 e. The van der Waals surface area contributed by atoms with Gasteiger partial charge in [0.15, 0.2) is 0 Å². The predicted molar refractivity (Wildman–Crippen MR) is 96.2 cm³/mol. The maximum Gasteiger partial charge on any atom is 0.118 e. The minimum atomic E-state index is 0.862. The van der Waals surface area contributed by atoms with E-state index in [-0.39, 0.29) is 0 Å². The van der Waals surface area contributed by atoms with Crippen LogP contribution in [-0.4, -0.2) is 19.0 Å². The van der Waals surface area contributed by atoms with Crippen molar-refractivity contribution in [2.75, 3.05) is 14.1 Å². The molecule has 0 unspecified atom stereocenters. The van der Waals surface area contributed by atoms with Crippen LogP contribution in [0.5, 0.6) is 0 Å². The lowest BCUT2D eigenvalue weighted by Crippen LogP contribution is -2.09. The van der Waals surface area contributed by atoms with E-state index >= 15 is 0 Å². The van der Waals surface area contributed by atoms with Gasteiger partial charge < -0.3 is 9.32 Å². The molecule has 122 valence electrons. The maximum absolute atomic E-state index is 5.80. The van der Waals surface area contributed by atoms with E-state index in [2.05, 4.69) is 73.3 Å². The second-order valence-electron chi connectivity index (χ2n) is 6.15. The summed E-state index contributed by atoms with van der Waals surface area (Å²) in [6.07, 6.45) is 6.25. The van der Waals surface area contributed by atoms with Crippen molar-refractivity contribution in [2.45, 2.75) is 45.1 Å². The van der Waals surface area contributed by atoms with Crippen LogP contribution in [0.1, 0.15) is 42.8 Å². The van der Waals surface area contributed by atoms with Crippen LogP contribution in [0.3, 0.4) is 0 Å². The molecule has 2 rings (SSSR count). The first-order valence-electron chi connectivity index (χ1n) is 8.46. The van der Waals surface area contributed by atoms with Crippen molar-refractivity contribution in [3.63, 3.8) is 0 Å². The van der Waals surface area contributed by atoms with Crippen molar-refractivity contribution < 1.29 is 4.42 Å². The normalized spacial score (nSPS) is 10.6. The van der Waals surface area contributed by atoms with Crippen LogP contribution in [0.4, 0.5) is 0 Å². The summed E-state index contributed by atoms with van der Waals surface area (Å²) in [7, 11) is 4.10. The third-order valence-electron chi connectivity index (χ3n) is 3.65. The molecule has 1 aromatic carbocycles. The molecule has 0 saturated carbocycles. The fourth-order valence-electron chi connectivity index (χ4n) is 2.51. The molecule has 2 heteroatoms. The van der Waals surface area contributed by atoms with Gasteiger partial charge in [-0.15, -0.1) is 11.8 Å². The first-order valence-corrected chi connectivity index (χ1v) is 8.46. The molecule has 0 amide bonds. The molecular weight excluding hydrogens is 282 g/mol. The van der Waals surface area contributed by atoms with Crippen LogP contribution in [0.15, 0.2) is 46.9 Å². The zero-order valence-corrected chi connectivity index (χ0v) is 14.3. The van der Waals surface area contributed by atoms with E-state index in [4.69, 9.17) is 4.42 Å². The van der Waals surface area contributed by atoms with Gasteiger partial charge in [-0.25, -0.2) is 0 Å². The van der Waals surface area contributed by atoms with Crippen molar-refractivity contribution in [3.8, 4) is 11.8 Å². The van der Waals surface area contributed by atoms with E-state index in [9.17, 15) is 0 Å². The van der Waals surface area contributed by atoms with Gasteiger partial charge in [-0.3, -0.25) is 0 Å². The van der Waals surface area contributed by atoms with Gasteiger partial charge >= 0.3 is 0 Å². The Morgan fingerprint density at radius 3 is 2.17 bits per heavy atom. The van der Waals surface area contributed by atoms with Gasteiger partial charge in [0.25, 0.3) is 0 Å². The van der Waals surface area contributed by atoms with Crippen molar-refractivity contribution in [1.82, 2.24) is 4.90 Å². The van der Waals surface area contributed by atoms with Crippen molar-refractivity contribution in [1.29, 1.82) is 0 Å². The molecule has 0 fully saturated rings. The zero-order valence-electron chi connectivity index (χ0n) is 14.3. The Hall–Kier alpha value is -1.98. The number of furan rings is 1. The highest BCUT2D eigenvalue weighted by Gasteiger charge is 2.02. The molecule has 0 atom stereocenters. The molecule has 0 radical (unpaired) electrons. The zero-order chi connectivity index (χ0) is 16.3. The largest absolute Gasteiger partial charge is 0.465 e. The standard InChI is InChI=1S/C21H27NO/c1-22(2)18-21-17-16-20(23-21)15-11-6-4-3-5-8-12-19-13-9-7-10-14-19/h7,9-10,13-14,16-17H,5-6,8,11-12,15,18H2,1-2H3. The summed E-state index contributed by atoms with van der Waals surface area (Å²) in [6, 6.07) is 14.8. The highest BCUT2D eigenvalue weighted by Crippen LogP contribution is 2.12. The van der Waals surface area contributed by atoms with Gasteiger partial charge in [0.2, 0.25) is 0 Å². The summed E-state index contributed by atoms with van der Waals surface area (Å²) in [5, 5.41) is 0. The van der Waals surface area contributed by atoms with E-state index in [0.717, 1.165) is 56.6 Å². The summed E-state index contributed by atoms with van der Waals surface area (Å²) < 4.78 is 5.80. The molecule has 0 spiro atoms. The lowest BCUT2D eigenvalue weighted by Gasteiger charge is -2.05. The Bertz CT molecular complexity index is 616. The third kappa shape index (κ3) is 7.21. The first-order chi connectivity index (χ1) is 11.2. The SMILES string of the molecule is CN(C)Cc1ccc(CCCC#CCCCc2ccccc2)o1. The fraction of sp³-hybridized carbons (Fsp3) is 0.429. The summed E-state index contributed by atoms with van der Waals surface area (Å²) in [5.41, 5.74) is 1.40. The fourth-order valence-corrected chi connectivity index (χ4v) is 2.51. The molecule has 1 aromatic heterocycles. The van der Waals surface area contributed by atoms with Crippen LogP contribution < -0.4 is 0 Å². The van der Waals surface area contributed by atoms with Crippen LogP contribution >= 0.6 is 0 Å². The number of hydrogen-bond acceptors (Lipinski definition) is 2. The number of unbranched alkanes of at least 4 members (excludes halogenated alkanes) is 2. The Kier molecular flexibility index (Phi) is 7.49. The van der Waals surface area contributed by atoms with E-state index in [0.29, 0.717) is 0 Å². The van der Waals surface area contributed by atoms with Crippen molar-refractivity contribution in [2.24, 2.45) is 0 Å². The second-order valence-corrected chi connectivity index (χ2v) is 6.15. The van der Waals surface area contributed by atoms with E-state index in [1.54, 1.807) is 0 Å². The predicted octanol–water partition coefficient (Wildman–Crippen LogP) is 4.69. The number of hydrogen-bond donors (Lipinski definition) is 0. The lowest BCUT2D eigenvalue weighted by atomic mass is 10.1. The molecule has 23 heavy (non-hydrogen) atoms. The van der Waals surface area contributed by atoms with Gasteiger partial charge in [-0.05, 0) is 51.1 Å². The van der Waals surface area contributed by atoms with Crippen molar-refractivity contribution in [3.05, 3.63) is 59.5 Å². The Morgan fingerprint density at radius 2 is 1.48 bits per heavy atom. The highest BCUT2D eigenvalue weighted by atomic mass is 16.3. The van der Waals surface area contributed by atoms with Gasteiger partial charge in [0, 0.05) is 19.3 Å². The summed E-state index contributed by atoms with van der Waals surface area (Å²) in [6.45, 7) is 0.862. The van der Waals surface area contributed by atoms with Gasteiger partial charge in [-0.1, -0.05) is 30.3 Å². The molecule has 0 N–H and O–H groups in total. The van der Waals surface area contributed by atoms with E-state index < -0.39 is 0 Å². The lowest BCUT2D eigenvalue weighted by molar-refractivity contribution is 0.341. The van der Waals surface area contributed by atoms with Crippen LogP contribution in [0, 0.1) is 11.8 Å². The summed E-state index contributed by atoms with van der Waals surface area (Å²) >= 11 is 0. The van der Waals surface area contributed by atoms with Gasteiger partial charge in [-0.2, -0.15) is 0 Å². The minimum Gasteiger partial charge on any atom is -0.465 e. The average molecular weight is 309 g/mol. The van der Waals surface area contributed by atoms with Gasteiger partial charge in [0.05, 0.1) is 6.54 Å². The molecule has 0 bridgehead atoms. The molecule has 2 nitrogen and oxygen atoms in total. The Balaban J connectivity index is 1.56. The molecule has 0 aliphatic heterocycles. The van der Waals surface area contributed by atoms with Crippen molar-refractivity contribution >= 4 is 0 Å². The summed E-state index contributed by atoms with van der Waals surface area (Å²) in [4.78, 5) is 2.11. The molecule has 0 saturated heterocycles. The topological polar surface area (TPSA) is 16.4 Å². The number of rotatable bonds is 8. The average Bonchev–Trinajstić information content (AvgIpc) is 2.97. The molecule has 2 aromatic rings. The number of benzene rings is 1. The maximum atomic E-state index is 5.80. The van der Waals surface area contributed by atoms with Crippen LogP contribution in [0.25, 0.3) is 0 Å². The number of nitrogens with zero attached hydrogens (tertiary/aromatic N) is 1.